The monoisotopic (exact) mass is 339 g/mol. The number of carbonyl (C=O) groups is 2. The molecule has 0 radical (unpaired) electrons. The molecule has 2 aromatic rings. The van der Waals surface area contributed by atoms with Crippen LogP contribution in [0.4, 0.5) is 5.69 Å². The van der Waals surface area contributed by atoms with Gasteiger partial charge in [-0.15, -0.1) is 0 Å². The van der Waals surface area contributed by atoms with Crippen molar-refractivity contribution in [1.29, 1.82) is 0 Å². The molecule has 0 bridgehead atoms. The minimum absolute atomic E-state index is 0.0770. The van der Waals surface area contributed by atoms with Crippen LogP contribution < -0.4 is 15.5 Å². The lowest BCUT2D eigenvalue weighted by atomic mass is 10.0. The smallest absolute Gasteiger partial charge is 0.243 e. The van der Waals surface area contributed by atoms with Gasteiger partial charge in [0.15, 0.2) is 0 Å². The molecule has 7 nitrogen and oxygen atoms in total. The van der Waals surface area contributed by atoms with Gasteiger partial charge in [0.05, 0.1) is 12.0 Å². The molecule has 1 saturated heterocycles. The number of carbonyl (C=O) groups excluding carboxylic acids is 2. The molecule has 2 amide bonds. The Hall–Kier alpha value is -2.67. The van der Waals surface area contributed by atoms with Crippen molar-refractivity contribution in [3.8, 4) is 0 Å². The highest BCUT2D eigenvalue weighted by molar-refractivity contribution is 5.95. The van der Waals surface area contributed by atoms with Crippen molar-refractivity contribution in [2.75, 3.05) is 18.0 Å². The minimum Gasteiger partial charge on any atom is -0.350 e. The van der Waals surface area contributed by atoms with Gasteiger partial charge in [0.1, 0.15) is 6.04 Å². The molecule has 3 N–H and O–H groups in total. The molecule has 0 saturated carbocycles. The SMILES string of the molecule is O=C(NCc1ccc(N2CCCC2=O)cc1)C1NCCc2[nH]cnc21. The Balaban J connectivity index is 1.37. The number of imidazole rings is 1. The van der Waals surface area contributed by atoms with Gasteiger partial charge < -0.3 is 20.5 Å². The summed E-state index contributed by atoms with van der Waals surface area (Å²) in [5.74, 6) is 0.103. The zero-order valence-electron chi connectivity index (χ0n) is 13.9. The molecule has 130 valence electrons. The van der Waals surface area contributed by atoms with Crippen molar-refractivity contribution in [3.05, 3.63) is 47.5 Å². The number of aromatic nitrogens is 2. The third-order valence-electron chi connectivity index (χ3n) is 4.80. The number of nitrogens with one attached hydrogen (secondary N) is 3. The summed E-state index contributed by atoms with van der Waals surface area (Å²) in [4.78, 5) is 33.4. The summed E-state index contributed by atoms with van der Waals surface area (Å²) >= 11 is 0. The van der Waals surface area contributed by atoms with Gasteiger partial charge in [0.2, 0.25) is 11.8 Å². The Kier molecular flexibility index (Phi) is 4.23. The molecule has 0 spiro atoms. The lowest BCUT2D eigenvalue weighted by molar-refractivity contribution is -0.123. The topological polar surface area (TPSA) is 90.1 Å². The van der Waals surface area contributed by atoms with Gasteiger partial charge >= 0.3 is 0 Å². The quantitative estimate of drug-likeness (QED) is 0.776. The zero-order valence-corrected chi connectivity index (χ0v) is 13.9. The molecule has 1 atom stereocenters. The molecule has 25 heavy (non-hydrogen) atoms. The Morgan fingerprint density at radius 3 is 2.88 bits per heavy atom. The molecule has 1 fully saturated rings. The van der Waals surface area contributed by atoms with E-state index < -0.39 is 6.04 Å². The van der Waals surface area contributed by atoms with Crippen molar-refractivity contribution < 1.29 is 9.59 Å². The average molecular weight is 339 g/mol. The van der Waals surface area contributed by atoms with Crippen LogP contribution in [0.1, 0.15) is 35.8 Å². The number of aromatic amines is 1. The van der Waals surface area contributed by atoms with Gasteiger partial charge in [0, 0.05) is 43.9 Å². The predicted octanol–water partition coefficient (Wildman–Crippen LogP) is 1.04. The molecule has 1 unspecified atom stereocenters. The van der Waals surface area contributed by atoms with Gasteiger partial charge in [-0.05, 0) is 24.1 Å². The number of rotatable bonds is 4. The summed E-state index contributed by atoms with van der Waals surface area (Å²) in [7, 11) is 0. The van der Waals surface area contributed by atoms with Crippen LogP contribution in [0.2, 0.25) is 0 Å². The van der Waals surface area contributed by atoms with E-state index in [-0.39, 0.29) is 11.8 Å². The Morgan fingerprint density at radius 1 is 1.28 bits per heavy atom. The van der Waals surface area contributed by atoms with Crippen molar-refractivity contribution in [3.63, 3.8) is 0 Å². The molecule has 4 rings (SSSR count). The number of amides is 2. The van der Waals surface area contributed by atoms with E-state index in [1.54, 1.807) is 6.33 Å². The Morgan fingerprint density at radius 2 is 2.12 bits per heavy atom. The van der Waals surface area contributed by atoms with Crippen molar-refractivity contribution >= 4 is 17.5 Å². The van der Waals surface area contributed by atoms with Crippen molar-refractivity contribution in [2.24, 2.45) is 0 Å². The van der Waals surface area contributed by atoms with Gasteiger partial charge in [0.25, 0.3) is 0 Å². The summed E-state index contributed by atoms with van der Waals surface area (Å²) in [5, 5.41) is 6.17. The van der Waals surface area contributed by atoms with Gasteiger partial charge in [-0.3, -0.25) is 9.59 Å². The van der Waals surface area contributed by atoms with Gasteiger partial charge in [-0.25, -0.2) is 4.98 Å². The first-order chi connectivity index (χ1) is 12.2. The second-order valence-corrected chi connectivity index (χ2v) is 6.44. The number of nitrogens with zero attached hydrogens (tertiary/aromatic N) is 2. The average Bonchev–Trinajstić information content (AvgIpc) is 3.28. The molecule has 2 aliphatic heterocycles. The van der Waals surface area contributed by atoms with Gasteiger partial charge in [-0.2, -0.15) is 0 Å². The second kappa shape index (κ2) is 6.68. The largest absolute Gasteiger partial charge is 0.350 e. The van der Waals surface area contributed by atoms with Crippen molar-refractivity contribution in [2.45, 2.75) is 31.8 Å². The zero-order chi connectivity index (χ0) is 17.2. The minimum atomic E-state index is -0.406. The van der Waals surface area contributed by atoms with E-state index in [4.69, 9.17) is 0 Å². The molecule has 0 aliphatic carbocycles. The first kappa shape index (κ1) is 15.8. The van der Waals surface area contributed by atoms with Crippen LogP contribution in [0.5, 0.6) is 0 Å². The fraction of sp³-hybridized carbons (Fsp3) is 0.389. The van der Waals surface area contributed by atoms with Crippen LogP contribution in [0.15, 0.2) is 30.6 Å². The number of benzene rings is 1. The van der Waals surface area contributed by atoms with E-state index in [1.807, 2.05) is 29.2 Å². The summed E-state index contributed by atoms with van der Waals surface area (Å²) in [6.07, 6.45) is 4.04. The van der Waals surface area contributed by atoms with E-state index in [1.165, 1.54) is 0 Å². The molecule has 2 aliphatic rings. The molecular weight excluding hydrogens is 318 g/mol. The lowest BCUT2D eigenvalue weighted by Crippen LogP contribution is -2.41. The molecule has 3 heterocycles. The number of H-pyrrole nitrogens is 1. The number of hydrogen-bond acceptors (Lipinski definition) is 4. The maximum Gasteiger partial charge on any atom is 0.243 e. The third kappa shape index (κ3) is 3.15. The maximum absolute atomic E-state index is 12.5. The van der Waals surface area contributed by atoms with Crippen LogP contribution in [0.25, 0.3) is 0 Å². The summed E-state index contributed by atoms with van der Waals surface area (Å²) < 4.78 is 0. The highest BCUT2D eigenvalue weighted by Crippen LogP contribution is 2.22. The number of hydrogen-bond donors (Lipinski definition) is 3. The van der Waals surface area contributed by atoms with Gasteiger partial charge in [-0.1, -0.05) is 12.1 Å². The standard InChI is InChI=1S/C18H21N5O2/c24-15-2-1-9-23(15)13-5-3-12(4-6-13)10-20-18(25)17-16-14(7-8-19-17)21-11-22-16/h3-6,11,17,19H,1-2,7-10H2,(H,20,25)(H,21,22). The molecule has 1 aromatic heterocycles. The fourth-order valence-corrected chi connectivity index (χ4v) is 3.44. The van der Waals surface area contributed by atoms with Crippen LogP contribution in [0.3, 0.4) is 0 Å². The molecular formula is C18H21N5O2. The van der Waals surface area contributed by atoms with Crippen LogP contribution in [-0.4, -0.2) is 34.9 Å². The van der Waals surface area contributed by atoms with Crippen LogP contribution in [-0.2, 0) is 22.6 Å². The summed E-state index contributed by atoms with van der Waals surface area (Å²) in [6.45, 7) is 1.99. The van der Waals surface area contributed by atoms with E-state index >= 15 is 0 Å². The van der Waals surface area contributed by atoms with E-state index in [0.717, 1.165) is 48.6 Å². The highest BCUT2D eigenvalue weighted by Gasteiger charge is 2.28. The predicted molar refractivity (Wildman–Crippen MR) is 92.9 cm³/mol. The maximum atomic E-state index is 12.5. The first-order valence-electron chi connectivity index (χ1n) is 8.65. The van der Waals surface area contributed by atoms with E-state index in [0.29, 0.717) is 13.0 Å². The molecule has 7 heteroatoms. The Labute approximate surface area is 145 Å². The second-order valence-electron chi connectivity index (χ2n) is 6.44. The fourth-order valence-electron chi connectivity index (χ4n) is 3.44. The first-order valence-corrected chi connectivity index (χ1v) is 8.65. The van der Waals surface area contributed by atoms with E-state index in [9.17, 15) is 9.59 Å². The van der Waals surface area contributed by atoms with Crippen molar-refractivity contribution in [1.82, 2.24) is 20.6 Å². The number of anilines is 1. The van der Waals surface area contributed by atoms with E-state index in [2.05, 4.69) is 20.6 Å². The Bertz CT molecular complexity index is 783. The highest BCUT2D eigenvalue weighted by atomic mass is 16.2. The lowest BCUT2D eigenvalue weighted by Gasteiger charge is -2.22. The number of fused-ring (bicyclic) bond motifs is 1. The normalized spacial score (nSPS) is 19.8. The summed E-state index contributed by atoms with van der Waals surface area (Å²) in [6, 6.07) is 7.38. The molecule has 1 aromatic carbocycles. The van der Waals surface area contributed by atoms with Crippen LogP contribution >= 0.6 is 0 Å². The summed E-state index contributed by atoms with van der Waals surface area (Å²) in [5.41, 5.74) is 3.74. The van der Waals surface area contributed by atoms with Crippen LogP contribution in [0, 0.1) is 0 Å². The third-order valence-corrected chi connectivity index (χ3v) is 4.80.